The van der Waals surface area contributed by atoms with Gasteiger partial charge >= 0.3 is 0 Å². The Labute approximate surface area is 105 Å². The predicted octanol–water partition coefficient (Wildman–Crippen LogP) is 1.72. The van der Waals surface area contributed by atoms with Crippen molar-refractivity contribution in [2.45, 2.75) is 13.1 Å². The van der Waals surface area contributed by atoms with Crippen LogP contribution in [0, 0.1) is 17.1 Å². The van der Waals surface area contributed by atoms with Crippen LogP contribution in [0.3, 0.4) is 0 Å². The molecule has 0 radical (unpaired) electrons. The van der Waals surface area contributed by atoms with Crippen LogP contribution in [0.5, 0.6) is 0 Å². The zero-order valence-electron chi connectivity index (χ0n) is 10.0. The SMILES string of the molecule is Cn1ccnc1CNCc1cc(F)cc(C#N)c1. The molecule has 5 heteroatoms. The molecule has 1 N–H and O–H groups in total. The quantitative estimate of drug-likeness (QED) is 0.891. The molecule has 0 amide bonds. The summed E-state index contributed by atoms with van der Waals surface area (Å²) in [6.07, 6.45) is 3.60. The van der Waals surface area contributed by atoms with E-state index in [4.69, 9.17) is 5.26 Å². The fourth-order valence-corrected chi connectivity index (χ4v) is 1.70. The number of aryl methyl sites for hydroxylation is 1. The average molecular weight is 244 g/mol. The molecule has 0 saturated heterocycles. The minimum absolute atomic E-state index is 0.337. The Morgan fingerprint density at radius 3 is 2.89 bits per heavy atom. The third kappa shape index (κ3) is 2.93. The first-order valence-corrected chi connectivity index (χ1v) is 5.55. The summed E-state index contributed by atoms with van der Waals surface area (Å²) in [5, 5.41) is 11.9. The number of nitrogens with zero attached hydrogens (tertiary/aromatic N) is 3. The molecule has 0 aliphatic heterocycles. The molecule has 4 nitrogen and oxygen atoms in total. The smallest absolute Gasteiger partial charge is 0.124 e. The lowest BCUT2D eigenvalue weighted by Gasteiger charge is -2.05. The van der Waals surface area contributed by atoms with E-state index in [0.717, 1.165) is 11.4 Å². The summed E-state index contributed by atoms with van der Waals surface area (Å²) >= 11 is 0. The van der Waals surface area contributed by atoms with Gasteiger partial charge in [0.2, 0.25) is 0 Å². The van der Waals surface area contributed by atoms with Crippen LogP contribution in [0.2, 0.25) is 0 Å². The van der Waals surface area contributed by atoms with Crippen molar-refractivity contribution in [3.05, 3.63) is 53.4 Å². The van der Waals surface area contributed by atoms with Crippen molar-refractivity contribution in [2.24, 2.45) is 7.05 Å². The number of hydrogen-bond acceptors (Lipinski definition) is 3. The van der Waals surface area contributed by atoms with Crippen molar-refractivity contribution in [3.63, 3.8) is 0 Å². The van der Waals surface area contributed by atoms with E-state index in [1.807, 2.05) is 23.9 Å². The molecule has 0 bridgehead atoms. The molecule has 2 rings (SSSR count). The van der Waals surface area contributed by atoms with Gasteiger partial charge in [0.15, 0.2) is 0 Å². The van der Waals surface area contributed by atoms with Crippen molar-refractivity contribution in [2.75, 3.05) is 0 Å². The van der Waals surface area contributed by atoms with Crippen molar-refractivity contribution in [1.29, 1.82) is 5.26 Å². The highest BCUT2D eigenvalue weighted by Gasteiger charge is 2.02. The molecule has 0 saturated carbocycles. The monoisotopic (exact) mass is 244 g/mol. The number of nitrogens with one attached hydrogen (secondary N) is 1. The van der Waals surface area contributed by atoms with E-state index in [1.165, 1.54) is 12.1 Å². The number of imidazole rings is 1. The van der Waals surface area contributed by atoms with Crippen LogP contribution in [0.25, 0.3) is 0 Å². The Bertz CT molecular complexity index is 583. The second-order valence-electron chi connectivity index (χ2n) is 4.02. The maximum absolute atomic E-state index is 13.2. The molecule has 1 aromatic heterocycles. The number of hydrogen-bond donors (Lipinski definition) is 1. The highest BCUT2D eigenvalue weighted by atomic mass is 19.1. The molecule has 0 atom stereocenters. The first-order chi connectivity index (χ1) is 8.69. The molecular formula is C13H13FN4. The maximum atomic E-state index is 13.2. The van der Waals surface area contributed by atoms with E-state index in [2.05, 4.69) is 10.3 Å². The normalized spacial score (nSPS) is 10.3. The third-order valence-electron chi connectivity index (χ3n) is 2.62. The van der Waals surface area contributed by atoms with Gasteiger partial charge in [-0.05, 0) is 23.8 Å². The number of halogens is 1. The largest absolute Gasteiger partial charge is 0.337 e. The van der Waals surface area contributed by atoms with Gasteiger partial charge in [0, 0.05) is 26.0 Å². The average Bonchev–Trinajstić information content (AvgIpc) is 2.74. The Balaban J connectivity index is 1.97. The minimum Gasteiger partial charge on any atom is -0.337 e. The molecule has 0 fully saturated rings. The van der Waals surface area contributed by atoms with Crippen LogP contribution in [0.1, 0.15) is 17.0 Å². The number of benzene rings is 1. The molecule has 0 aliphatic carbocycles. The van der Waals surface area contributed by atoms with Crippen LogP contribution in [0.4, 0.5) is 4.39 Å². The summed E-state index contributed by atoms with van der Waals surface area (Å²) < 4.78 is 15.1. The fraction of sp³-hybridized carbons (Fsp3) is 0.231. The number of aromatic nitrogens is 2. The van der Waals surface area contributed by atoms with Crippen LogP contribution in [-0.4, -0.2) is 9.55 Å². The van der Waals surface area contributed by atoms with Crippen LogP contribution >= 0.6 is 0 Å². The summed E-state index contributed by atoms with van der Waals surface area (Å²) in [7, 11) is 1.92. The van der Waals surface area contributed by atoms with Gasteiger partial charge in [-0.1, -0.05) is 0 Å². The number of rotatable bonds is 4. The van der Waals surface area contributed by atoms with Crippen molar-refractivity contribution in [3.8, 4) is 6.07 Å². The van der Waals surface area contributed by atoms with Gasteiger partial charge in [-0.25, -0.2) is 9.37 Å². The Kier molecular flexibility index (Phi) is 3.70. The van der Waals surface area contributed by atoms with E-state index in [9.17, 15) is 4.39 Å². The summed E-state index contributed by atoms with van der Waals surface area (Å²) in [6.45, 7) is 1.10. The van der Waals surface area contributed by atoms with E-state index in [-0.39, 0.29) is 5.82 Å². The molecule has 1 aromatic carbocycles. The molecule has 18 heavy (non-hydrogen) atoms. The standard InChI is InChI=1S/C13H13FN4/c1-18-3-2-17-13(18)9-16-8-11-4-10(7-15)5-12(14)6-11/h2-6,16H,8-9H2,1H3. The Hall–Kier alpha value is -2.19. The van der Waals surface area contributed by atoms with Crippen molar-refractivity contribution < 1.29 is 4.39 Å². The fourth-order valence-electron chi connectivity index (χ4n) is 1.70. The summed E-state index contributed by atoms with van der Waals surface area (Å²) in [6, 6.07) is 6.26. The second kappa shape index (κ2) is 5.43. The van der Waals surface area contributed by atoms with E-state index in [1.54, 1.807) is 12.3 Å². The second-order valence-corrected chi connectivity index (χ2v) is 4.02. The zero-order valence-corrected chi connectivity index (χ0v) is 10.0. The molecule has 2 aromatic rings. The van der Waals surface area contributed by atoms with Gasteiger partial charge in [-0.15, -0.1) is 0 Å². The first-order valence-electron chi connectivity index (χ1n) is 5.55. The van der Waals surface area contributed by atoms with Crippen LogP contribution in [0.15, 0.2) is 30.6 Å². The minimum atomic E-state index is -0.386. The Morgan fingerprint density at radius 2 is 2.22 bits per heavy atom. The molecule has 1 heterocycles. The van der Waals surface area contributed by atoms with Gasteiger partial charge in [0.25, 0.3) is 0 Å². The lowest BCUT2D eigenvalue weighted by molar-refractivity contribution is 0.612. The molecular weight excluding hydrogens is 231 g/mol. The van der Waals surface area contributed by atoms with E-state index >= 15 is 0 Å². The van der Waals surface area contributed by atoms with Crippen molar-refractivity contribution in [1.82, 2.24) is 14.9 Å². The van der Waals surface area contributed by atoms with Crippen LogP contribution in [-0.2, 0) is 20.1 Å². The molecule has 0 spiro atoms. The first kappa shape index (κ1) is 12.3. The highest BCUT2D eigenvalue weighted by molar-refractivity contribution is 5.33. The predicted molar refractivity (Wildman–Crippen MR) is 64.9 cm³/mol. The van der Waals surface area contributed by atoms with Gasteiger partial charge in [-0.2, -0.15) is 5.26 Å². The Morgan fingerprint density at radius 1 is 1.39 bits per heavy atom. The summed E-state index contributed by atoms with van der Waals surface area (Å²) in [5.74, 6) is 0.523. The van der Waals surface area contributed by atoms with Gasteiger partial charge in [0.1, 0.15) is 11.6 Å². The molecule has 92 valence electrons. The topological polar surface area (TPSA) is 53.6 Å². The summed E-state index contributed by atoms with van der Waals surface area (Å²) in [4.78, 5) is 4.17. The maximum Gasteiger partial charge on any atom is 0.124 e. The third-order valence-corrected chi connectivity index (χ3v) is 2.62. The lowest BCUT2D eigenvalue weighted by atomic mass is 10.1. The van der Waals surface area contributed by atoms with Crippen molar-refractivity contribution >= 4 is 0 Å². The highest BCUT2D eigenvalue weighted by Crippen LogP contribution is 2.08. The van der Waals surface area contributed by atoms with Crippen LogP contribution < -0.4 is 5.32 Å². The van der Waals surface area contributed by atoms with Gasteiger partial charge in [-0.3, -0.25) is 0 Å². The zero-order chi connectivity index (χ0) is 13.0. The lowest BCUT2D eigenvalue weighted by Crippen LogP contribution is -2.15. The summed E-state index contributed by atoms with van der Waals surface area (Å²) in [5.41, 5.74) is 1.09. The van der Waals surface area contributed by atoms with Gasteiger partial charge in [0.05, 0.1) is 18.2 Å². The van der Waals surface area contributed by atoms with E-state index < -0.39 is 0 Å². The number of nitriles is 1. The molecule has 0 unspecified atom stereocenters. The van der Waals surface area contributed by atoms with Gasteiger partial charge < -0.3 is 9.88 Å². The molecule has 0 aliphatic rings. The van der Waals surface area contributed by atoms with E-state index in [0.29, 0.717) is 18.7 Å².